The van der Waals surface area contributed by atoms with E-state index in [4.69, 9.17) is 11.6 Å². The highest BCUT2D eigenvalue weighted by Crippen LogP contribution is 2.28. The number of benzene rings is 2. The van der Waals surface area contributed by atoms with Crippen molar-refractivity contribution in [2.24, 2.45) is 0 Å². The summed E-state index contributed by atoms with van der Waals surface area (Å²) in [7, 11) is -3.64. The fourth-order valence-corrected chi connectivity index (χ4v) is 3.53. The molecule has 0 spiro atoms. The molecular weight excluding hydrogens is 350 g/mol. The predicted molar refractivity (Wildman–Crippen MR) is 81.1 cm³/mol. The number of hydrogen-bond acceptors (Lipinski definition) is 2. The van der Waals surface area contributed by atoms with E-state index in [1.807, 2.05) is 0 Å². The second-order valence-corrected chi connectivity index (χ2v) is 6.97. The molecule has 0 saturated carbocycles. The van der Waals surface area contributed by atoms with Gasteiger partial charge in [0.2, 0.25) is 0 Å². The summed E-state index contributed by atoms with van der Waals surface area (Å²) in [6.07, 6.45) is 0. The van der Waals surface area contributed by atoms with Gasteiger partial charge in [-0.25, -0.2) is 8.42 Å². The van der Waals surface area contributed by atoms with E-state index in [9.17, 15) is 8.42 Å². The Morgan fingerprint density at radius 2 is 1.84 bits per heavy atom. The van der Waals surface area contributed by atoms with Gasteiger partial charge in [-0.15, -0.1) is 0 Å². The summed E-state index contributed by atoms with van der Waals surface area (Å²) < 4.78 is 27.8. The first kappa shape index (κ1) is 14.4. The van der Waals surface area contributed by atoms with Crippen LogP contribution < -0.4 is 4.72 Å². The fraction of sp³-hybridized carbons (Fsp3) is 0.0769. The molecule has 2 rings (SSSR count). The highest BCUT2D eigenvalue weighted by Gasteiger charge is 2.17. The Bertz CT molecular complexity index is 716. The molecule has 1 N–H and O–H groups in total. The lowest BCUT2D eigenvalue weighted by Crippen LogP contribution is -2.14. The van der Waals surface area contributed by atoms with Crippen molar-refractivity contribution in [2.75, 3.05) is 4.72 Å². The van der Waals surface area contributed by atoms with Crippen LogP contribution >= 0.6 is 27.5 Å². The van der Waals surface area contributed by atoms with Gasteiger partial charge in [0, 0.05) is 4.47 Å². The Labute approximate surface area is 125 Å². The molecule has 100 valence electrons. The second kappa shape index (κ2) is 5.53. The molecule has 0 aliphatic carbocycles. The molecule has 0 fully saturated rings. The number of anilines is 1. The van der Waals surface area contributed by atoms with Crippen LogP contribution in [0.5, 0.6) is 0 Å². The van der Waals surface area contributed by atoms with Gasteiger partial charge in [0.25, 0.3) is 10.0 Å². The maximum Gasteiger partial charge on any atom is 0.262 e. The highest BCUT2D eigenvalue weighted by atomic mass is 79.9. The van der Waals surface area contributed by atoms with Gasteiger partial charge in [0.1, 0.15) is 0 Å². The lowest BCUT2D eigenvalue weighted by atomic mass is 10.2. The number of aryl methyl sites for hydroxylation is 1. The van der Waals surface area contributed by atoms with Gasteiger partial charge in [-0.1, -0.05) is 45.7 Å². The first-order valence-electron chi connectivity index (χ1n) is 5.43. The Morgan fingerprint density at radius 3 is 2.53 bits per heavy atom. The molecule has 0 heterocycles. The normalized spacial score (nSPS) is 11.3. The average molecular weight is 361 g/mol. The van der Waals surface area contributed by atoms with Crippen LogP contribution in [-0.4, -0.2) is 8.42 Å². The standard InChI is InChI=1S/C13H11BrClNO2S/c1-9-4-2-3-5-13(9)19(17,18)16-12-8-10(14)6-7-11(12)15/h2-8,16H,1H3. The van der Waals surface area contributed by atoms with E-state index >= 15 is 0 Å². The summed E-state index contributed by atoms with van der Waals surface area (Å²) in [6.45, 7) is 1.75. The molecule has 0 aliphatic rings. The number of rotatable bonds is 3. The zero-order chi connectivity index (χ0) is 14.0. The van der Waals surface area contributed by atoms with Crippen molar-refractivity contribution < 1.29 is 8.42 Å². The molecule has 19 heavy (non-hydrogen) atoms. The van der Waals surface area contributed by atoms with Gasteiger partial charge in [0.05, 0.1) is 15.6 Å². The predicted octanol–water partition coefficient (Wildman–Crippen LogP) is 4.21. The van der Waals surface area contributed by atoms with Crippen LogP contribution in [-0.2, 0) is 10.0 Å². The van der Waals surface area contributed by atoms with E-state index in [1.54, 1.807) is 49.4 Å². The van der Waals surface area contributed by atoms with E-state index in [0.717, 1.165) is 4.47 Å². The number of sulfonamides is 1. The Hall–Kier alpha value is -1.04. The van der Waals surface area contributed by atoms with E-state index in [1.165, 1.54) is 0 Å². The molecule has 0 aliphatic heterocycles. The van der Waals surface area contributed by atoms with E-state index in [2.05, 4.69) is 20.7 Å². The van der Waals surface area contributed by atoms with E-state index < -0.39 is 10.0 Å². The summed E-state index contributed by atoms with van der Waals surface area (Å²) in [5.41, 5.74) is 1.03. The van der Waals surface area contributed by atoms with Crippen LogP contribution in [0, 0.1) is 6.92 Å². The van der Waals surface area contributed by atoms with Crippen molar-refractivity contribution in [3.05, 3.63) is 57.5 Å². The molecule has 0 atom stereocenters. The van der Waals surface area contributed by atoms with Gasteiger partial charge < -0.3 is 0 Å². The summed E-state index contributed by atoms with van der Waals surface area (Å²) >= 11 is 9.26. The summed E-state index contributed by atoms with van der Waals surface area (Å²) in [4.78, 5) is 0.242. The molecule has 0 amide bonds. The lowest BCUT2D eigenvalue weighted by molar-refractivity contribution is 0.600. The van der Waals surface area contributed by atoms with Gasteiger partial charge >= 0.3 is 0 Å². The van der Waals surface area contributed by atoms with Crippen LogP contribution in [0.2, 0.25) is 5.02 Å². The molecule has 2 aromatic carbocycles. The largest absolute Gasteiger partial charge is 0.278 e. The van der Waals surface area contributed by atoms with Gasteiger partial charge in [-0.3, -0.25) is 4.72 Å². The van der Waals surface area contributed by atoms with Crippen LogP contribution in [0.15, 0.2) is 51.8 Å². The minimum Gasteiger partial charge on any atom is -0.278 e. The zero-order valence-corrected chi connectivity index (χ0v) is 13.2. The summed E-state index contributed by atoms with van der Waals surface area (Å²) in [5, 5.41) is 0.348. The molecule has 6 heteroatoms. The molecule has 0 radical (unpaired) electrons. The lowest BCUT2D eigenvalue weighted by Gasteiger charge is -2.11. The van der Waals surface area contributed by atoms with Crippen LogP contribution in [0.25, 0.3) is 0 Å². The quantitative estimate of drug-likeness (QED) is 0.891. The Kier molecular flexibility index (Phi) is 4.18. The first-order chi connectivity index (χ1) is 8.90. The molecule has 0 aromatic heterocycles. The zero-order valence-electron chi connectivity index (χ0n) is 10.0. The molecule has 0 saturated heterocycles. The molecule has 2 aromatic rings. The van der Waals surface area contributed by atoms with Crippen molar-refractivity contribution in [3.63, 3.8) is 0 Å². The highest BCUT2D eigenvalue weighted by molar-refractivity contribution is 9.10. The van der Waals surface area contributed by atoms with Crippen molar-refractivity contribution in [2.45, 2.75) is 11.8 Å². The number of nitrogens with one attached hydrogen (secondary N) is 1. The molecule has 0 unspecified atom stereocenters. The summed E-state index contributed by atoms with van der Waals surface area (Å²) in [5.74, 6) is 0. The topological polar surface area (TPSA) is 46.2 Å². The van der Waals surface area contributed by atoms with Crippen LogP contribution in [0.4, 0.5) is 5.69 Å². The van der Waals surface area contributed by atoms with Crippen molar-refractivity contribution in [1.82, 2.24) is 0 Å². The monoisotopic (exact) mass is 359 g/mol. The van der Waals surface area contributed by atoms with Crippen LogP contribution in [0.3, 0.4) is 0 Å². The number of hydrogen-bond donors (Lipinski definition) is 1. The number of halogens is 2. The SMILES string of the molecule is Cc1ccccc1S(=O)(=O)Nc1cc(Br)ccc1Cl. The van der Waals surface area contributed by atoms with Crippen molar-refractivity contribution >= 4 is 43.2 Å². The third kappa shape index (κ3) is 3.29. The summed E-state index contributed by atoms with van der Waals surface area (Å²) in [6, 6.07) is 11.8. The smallest absolute Gasteiger partial charge is 0.262 e. The van der Waals surface area contributed by atoms with Crippen molar-refractivity contribution in [1.29, 1.82) is 0 Å². The second-order valence-electron chi connectivity index (χ2n) is 4.00. The van der Waals surface area contributed by atoms with Crippen LogP contribution in [0.1, 0.15) is 5.56 Å². The fourth-order valence-electron chi connectivity index (χ4n) is 1.63. The molecular formula is C13H11BrClNO2S. The third-order valence-electron chi connectivity index (χ3n) is 2.56. The minimum absolute atomic E-state index is 0.242. The van der Waals surface area contributed by atoms with E-state index in [0.29, 0.717) is 16.3 Å². The third-order valence-corrected chi connectivity index (χ3v) is 4.90. The maximum atomic E-state index is 12.3. The maximum absolute atomic E-state index is 12.3. The average Bonchev–Trinajstić information content (AvgIpc) is 2.34. The van der Waals surface area contributed by atoms with E-state index in [-0.39, 0.29) is 4.90 Å². The minimum atomic E-state index is -3.64. The molecule has 3 nitrogen and oxygen atoms in total. The Morgan fingerprint density at radius 1 is 1.16 bits per heavy atom. The Balaban J connectivity index is 2.43. The van der Waals surface area contributed by atoms with Crippen molar-refractivity contribution in [3.8, 4) is 0 Å². The van der Waals surface area contributed by atoms with Gasteiger partial charge in [-0.2, -0.15) is 0 Å². The van der Waals surface area contributed by atoms with Gasteiger partial charge in [-0.05, 0) is 36.8 Å². The van der Waals surface area contributed by atoms with Gasteiger partial charge in [0.15, 0.2) is 0 Å². The molecule has 0 bridgehead atoms. The first-order valence-corrected chi connectivity index (χ1v) is 8.09.